The van der Waals surface area contributed by atoms with E-state index in [9.17, 15) is 4.79 Å². The van der Waals surface area contributed by atoms with Crippen LogP contribution in [0.2, 0.25) is 0 Å². The molecule has 2 N–H and O–H groups in total. The minimum atomic E-state index is -0.161. The number of hydrogen-bond acceptors (Lipinski definition) is 2. The van der Waals surface area contributed by atoms with Gasteiger partial charge in [-0.25, -0.2) is 0 Å². The molecule has 0 radical (unpaired) electrons. The van der Waals surface area contributed by atoms with Crippen molar-refractivity contribution in [3.8, 4) is 0 Å². The number of hydrogen-bond donors (Lipinski definition) is 1. The van der Waals surface area contributed by atoms with Gasteiger partial charge in [0.15, 0.2) is 0 Å². The molecular weight excluding hydrogens is 260 g/mol. The van der Waals surface area contributed by atoms with E-state index in [4.69, 9.17) is 5.73 Å². The number of anilines is 1. The molecular formula is C15H25ClN2O. The third-order valence-electron chi connectivity index (χ3n) is 3.28. The number of rotatable bonds is 4. The SMILES string of the molecule is CCN(C(=O)C(C)C(C)N)c1cc(C)cc(C)c1.Cl. The second kappa shape index (κ2) is 7.51. The van der Waals surface area contributed by atoms with Gasteiger partial charge in [-0.15, -0.1) is 12.4 Å². The van der Waals surface area contributed by atoms with E-state index in [2.05, 4.69) is 6.07 Å². The van der Waals surface area contributed by atoms with Crippen LogP contribution in [-0.2, 0) is 4.79 Å². The Kier molecular flexibility index (Phi) is 7.09. The molecule has 0 spiro atoms. The van der Waals surface area contributed by atoms with Gasteiger partial charge in [0.1, 0.15) is 0 Å². The molecule has 3 nitrogen and oxygen atoms in total. The summed E-state index contributed by atoms with van der Waals surface area (Å²) in [6, 6.07) is 6.07. The van der Waals surface area contributed by atoms with E-state index < -0.39 is 0 Å². The van der Waals surface area contributed by atoms with Gasteiger partial charge in [-0.1, -0.05) is 13.0 Å². The molecule has 0 heterocycles. The first kappa shape index (κ1) is 17.9. The maximum absolute atomic E-state index is 12.4. The number of carbonyl (C=O) groups is 1. The highest BCUT2D eigenvalue weighted by Crippen LogP contribution is 2.21. The molecule has 0 aromatic heterocycles. The van der Waals surface area contributed by atoms with Crippen LogP contribution in [0.4, 0.5) is 5.69 Å². The van der Waals surface area contributed by atoms with Crippen molar-refractivity contribution < 1.29 is 4.79 Å². The van der Waals surface area contributed by atoms with Crippen LogP contribution in [-0.4, -0.2) is 18.5 Å². The van der Waals surface area contributed by atoms with Gasteiger partial charge < -0.3 is 10.6 Å². The topological polar surface area (TPSA) is 46.3 Å². The summed E-state index contributed by atoms with van der Waals surface area (Å²) in [5.74, 6) is -0.0664. The van der Waals surface area contributed by atoms with E-state index in [0.29, 0.717) is 6.54 Å². The van der Waals surface area contributed by atoms with Gasteiger partial charge in [-0.2, -0.15) is 0 Å². The first-order valence-corrected chi connectivity index (χ1v) is 6.52. The maximum atomic E-state index is 12.4. The van der Waals surface area contributed by atoms with Crippen molar-refractivity contribution in [2.75, 3.05) is 11.4 Å². The summed E-state index contributed by atoms with van der Waals surface area (Å²) in [4.78, 5) is 14.2. The molecule has 1 aromatic rings. The van der Waals surface area contributed by atoms with Crippen molar-refractivity contribution in [3.63, 3.8) is 0 Å². The number of aryl methyl sites for hydroxylation is 2. The molecule has 19 heavy (non-hydrogen) atoms. The zero-order chi connectivity index (χ0) is 13.9. The Morgan fingerprint density at radius 1 is 1.21 bits per heavy atom. The number of halogens is 1. The predicted octanol–water partition coefficient (Wildman–Crippen LogP) is 3.06. The lowest BCUT2D eigenvalue weighted by atomic mass is 10.0. The summed E-state index contributed by atoms with van der Waals surface area (Å²) < 4.78 is 0. The maximum Gasteiger partial charge on any atom is 0.231 e. The third-order valence-corrected chi connectivity index (χ3v) is 3.28. The number of nitrogens with two attached hydrogens (primary N) is 1. The molecule has 0 aliphatic carbocycles. The minimum Gasteiger partial charge on any atom is -0.327 e. The van der Waals surface area contributed by atoms with Crippen molar-refractivity contribution in [2.24, 2.45) is 11.7 Å². The van der Waals surface area contributed by atoms with Gasteiger partial charge in [0.25, 0.3) is 0 Å². The Balaban J connectivity index is 0.00000324. The van der Waals surface area contributed by atoms with Crippen molar-refractivity contribution in [3.05, 3.63) is 29.3 Å². The van der Waals surface area contributed by atoms with E-state index in [0.717, 1.165) is 5.69 Å². The fourth-order valence-corrected chi connectivity index (χ4v) is 2.04. The minimum absolute atomic E-state index is 0. The van der Waals surface area contributed by atoms with Crippen molar-refractivity contribution in [1.29, 1.82) is 0 Å². The van der Waals surface area contributed by atoms with Gasteiger partial charge in [0, 0.05) is 18.3 Å². The molecule has 108 valence electrons. The molecule has 2 unspecified atom stereocenters. The lowest BCUT2D eigenvalue weighted by molar-refractivity contribution is -0.122. The fraction of sp³-hybridized carbons (Fsp3) is 0.533. The van der Waals surface area contributed by atoms with E-state index in [-0.39, 0.29) is 30.3 Å². The third kappa shape index (κ3) is 4.51. The largest absolute Gasteiger partial charge is 0.327 e. The smallest absolute Gasteiger partial charge is 0.231 e. The number of carbonyl (C=O) groups excluding carboxylic acids is 1. The first-order chi connectivity index (χ1) is 8.36. The Bertz CT molecular complexity index is 412. The molecule has 1 aromatic carbocycles. The predicted molar refractivity (Wildman–Crippen MR) is 84.0 cm³/mol. The Hall–Kier alpha value is -1.06. The van der Waals surface area contributed by atoms with Gasteiger partial charge in [0.05, 0.1) is 5.92 Å². The Labute approximate surface area is 122 Å². The lowest BCUT2D eigenvalue weighted by Crippen LogP contribution is -2.41. The van der Waals surface area contributed by atoms with Gasteiger partial charge in [-0.05, 0) is 51.0 Å². The molecule has 0 bridgehead atoms. The second-order valence-corrected chi connectivity index (χ2v) is 5.08. The second-order valence-electron chi connectivity index (χ2n) is 5.08. The van der Waals surface area contributed by atoms with Crippen LogP contribution in [0, 0.1) is 19.8 Å². The number of amides is 1. The zero-order valence-electron chi connectivity index (χ0n) is 12.4. The summed E-state index contributed by atoms with van der Waals surface area (Å²) >= 11 is 0. The lowest BCUT2D eigenvalue weighted by Gasteiger charge is -2.27. The van der Waals surface area contributed by atoms with Crippen LogP contribution < -0.4 is 10.6 Å². The summed E-state index contributed by atoms with van der Waals surface area (Å²) in [5, 5.41) is 0. The summed E-state index contributed by atoms with van der Waals surface area (Å²) in [7, 11) is 0. The van der Waals surface area contributed by atoms with Crippen molar-refractivity contribution >= 4 is 24.0 Å². The van der Waals surface area contributed by atoms with Crippen LogP contribution in [0.1, 0.15) is 31.9 Å². The molecule has 1 amide bonds. The molecule has 0 aliphatic rings. The molecule has 4 heteroatoms. The number of nitrogens with zero attached hydrogens (tertiary/aromatic N) is 1. The summed E-state index contributed by atoms with van der Waals surface area (Å²) in [6.45, 7) is 10.5. The van der Waals surface area contributed by atoms with Gasteiger partial charge >= 0.3 is 0 Å². The monoisotopic (exact) mass is 284 g/mol. The zero-order valence-corrected chi connectivity index (χ0v) is 13.3. The van der Waals surface area contributed by atoms with Crippen LogP contribution >= 0.6 is 12.4 Å². The molecule has 2 atom stereocenters. The van der Waals surface area contributed by atoms with E-state index in [1.165, 1.54) is 11.1 Å². The highest BCUT2D eigenvalue weighted by Gasteiger charge is 2.23. The Morgan fingerprint density at radius 3 is 2.05 bits per heavy atom. The normalized spacial score (nSPS) is 13.4. The van der Waals surface area contributed by atoms with Crippen molar-refractivity contribution in [1.82, 2.24) is 0 Å². The van der Waals surface area contributed by atoms with E-state index >= 15 is 0 Å². The number of benzene rings is 1. The highest BCUT2D eigenvalue weighted by atomic mass is 35.5. The highest BCUT2D eigenvalue weighted by molar-refractivity contribution is 5.95. The van der Waals surface area contributed by atoms with E-state index in [1.54, 1.807) is 0 Å². The summed E-state index contributed by atoms with van der Waals surface area (Å²) in [5.41, 5.74) is 9.13. The van der Waals surface area contributed by atoms with Crippen LogP contribution in [0.3, 0.4) is 0 Å². The average molecular weight is 285 g/mol. The molecule has 0 saturated heterocycles. The van der Waals surface area contributed by atoms with E-state index in [1.807, 2.05) is 51.7 Å². The average Bonchev–Trinajstić information content (AvgIpc) is 2.27. The van der Waals surface area contributed by atoms with Crippen LogP contribution in [0.5, 0.6) is 0 Å². The molecule has 0 saturated carbocycles. The Morgan fingerprint density at radius 2 is 1.68 bits per heavy atom. The standard InChI is InChI=1S/C15H24N2O.ClH/c1-6-17(15(18)12(4)13(5)16)14-8-10(2)7-11(3)9-14;/h7-9,12-13H,6,16H2,1-5H3;1H. The first-order valence-electron chi connectivity index (χ1n) is 6.52. The molecule has 0 fully saturated rings. The van der Waals surface area contributed by atoms with Crippen molar-refractivity contribution in [2.45, 2.75) is 40.7 Å². The molecule has 1 rings (SSSR count). The summed E-state index contributed by atoms with van der Waals surface area (Å²) in [6.07, 6.45) is 0. The fourth-order valence-electron chi connectivity index (χ4n) is 2.04. The van der Waals surface area contributed by atoms with Crippen LogP contribution in [0.25, 0.3) is 0 Å². The van der Waals surface area contributed by atoms with Crippen LogP contribution in [0.15, 0.2) is 18.2 Å². The van der Waals surface area contributed by atoms with Gasteiger partial charge in [0.2, 0.25) is 5.91 Å². The van der Waals surface area contributed by atoms with Gasteiger partial charge in [-0.3, -0.25) is 4.79 Å². The molecule has 0 aliphatic heterocycles. The quantitative estimate of drug-likeness (QED) is 0.924.